The summed E-state index contributed by atoms with van der Waals surface area (Å²) in [6.45, 7) is 3.06. The maximum atomic E-state index is 3.06. The van der Waals surface area contributed by atoms with Crippen LogP contribution in [0.15, 0.2) is 146 Å². The Kier molecular flexibility index (Phi) is 19.9. The van der Waals surface area contributed by atoms with Gasteiger partial charge in [0.1, 0.15) is 0 Å². The van der Waals surface area contributed by atoms with Gasteiger partial charge in [-0.05, 0) is 0 Å². The molecule has 0 N–H and O–H groups in total. The summed E-state index contributed by atoms with van der Waals surface area (Å²) in [7, 11) is 0. The molecule has 6 aromatic carbocycles. The van der Waals surface area contributed by atoms with Crippen LogP contribution in [0.25, 0.3) is 21.5 Å². The van der Waals surface area contributed by atoms with Crippen molar-refractivity contribution in [1.29, 1.82) is 0 Å². The second kappa shape index (κ2) is 21.3. The Morgan fingerprint density at radius 1 is 0.471 bits per heavy atom. The van der Waals surface area contributed by atoms with E-state index in [0.29, 0.717) is 0 Å². The van der Waals surface area contributed by atoms with E-state index in [4.69, 9.17) is 0 Å². The van der Waals surface area contributed by atoms with Crippen LogP contribution in [-0.4, -0.2) is 6.88 Å². The van der Waals surface area contributed by atoms with Crippen molar-refractivity contribution in [1.82, 2.24) is 0 Å². The predicted octanol–water partition coefficient (Wildman–Crippen LogP) is 8.55. The number of fused-ring (bicyclic) bond motifs is 2. The van der Waals surface area contributed by atoms with E-state index >= 15 is 0 Å². The average molecular weight is 577 g/mol. The summed E-state index contributed by atoms with van der Waals surface area (Å²) in [5, 5.41) is 5.32. The fraction of sp³-hybridized carbons (Fsp3) is 0. The molecule has 6 aromatic rings. The van der Waals surface area contributed by atoms with Crippen LogP contribution in [-0.2, 0) is 23.3 Å². The molecule has 0 spiro atoms. The van der Waals surface area contributed by atoms with Gasteiger partial charge in [0.05, 0.1) is 0 Å². The van der Waals surface area contributed by atoms with Crippen LogP contribution < -0.4 is 0 Å². The molecule has 0 saturated heterocycles. The first kappa shape index (κ1) is 31.8. The molecule has 0 amide bonds. The van der Waals surface area contributed by atoms with Gasteiger partial charge in [0.25, 0.3) is 0 Å². The Hall–Kier alpha value is -2.22. The zero-order valence-corrected chi connectivity index (χ0v) is 23.8. The Morgan fingerprint density at radius 2 is 0.824 bits per heavy atom. The van der Waals surface area contributed by atoms with Crippen molar-refractivity contribution >= 4 is 53.2 Å². The van der Waals surface area contributed by atoms with Crippen molar-refractivity contribution in [3.05, 3.63) is 158 Å². The molecule has 6 rings (SSSR count). The molecule has 0 saturated carbocycles. The number of halogens is 2. The number of rotatable bonds is 0. The molecular formula is C30H26Cl2SiZr-4. The van der Waals surface area contributed by atoms with Gasteiger partial charge in [-0.3, -0.25) is 0 Å². The zero-order valence-electron chi connectivity index (χ0n) is 18.7. The molecule has 0 aliphatic rings. The maximum absolute atomic E-state index is 3.06. The van der Waals surface area contributed by atoms with Crippen molar-refractivity contribution in [2.45, 2.75) is 0 Å². The third-order valence-electron chi connectivity index (χ3n) is 4.31. The van der Waals surface area contributed by atoms with Crippen molar-refractivity contribution in [3.8, 4) is 0 Å². The van der Waals surface area contributed by atoms with E-state index in [1.54, 1.807) is 0 Å². The molecule has 0 bridgehead atoms. The predicted molar refractivity (Wildman–Crippen MR) is 150 cm³/mol. The number of hydrogen-bond donors (Lipinski definition) is 0. The van der Waals surface area contributed by atoms with E-state index in [9.17, 15) is 0 Å². The molecule has 0 aromatic heterocycles. The minimum atomic E-state index is 0. The zero-order chi connectivity index (χ0) is 22.7. The molecular weight excluding hydrogens is 551 g/mol. The molecule has 34 heavy (non-hydrogen) atoms. The summed E-state index contributed by atoms with van der Waals surface area (Å²) in [5.74, 6) is 0. The standard InChI is InChI=1S/2C9H7.2C6H5.2ClH.Si.Zr/c2*1-2-5-9-7-3-6-8(9)4-1;2*1-2-4-6-5-3-1;;;;/h2*1-7H;2*1-5H;2*1H;;/q4*-1;;;;. The fourth-order valence-corrected chi connectivity index (χ4v) is 2.82. The summed E-state index contributed by atoms with van der Waals surface area (Å²) in [5.41, 5.74) is 0. The second-order valence-electron chi connectivity index (χ2n) is 6.46. The normalized spacial score (nSPS) is 8.32. The third kappa shape index (κ3) is 12.9. The molecule has 0 atom stereocenters. The molecule has 0 heterocycles. The van der Waals surface area contributed by atoms with Gasteiger partial charge < -0.3 is 0 Å². The van der Waals surface area contributed by atoms with Crippen LogP contribution in [0.3, 0.4) is 0 Å². The minimum Gasteiger partial charge on any atom is -0.184 e. The van der Waals surface area contributed by atoms with Crippen molar-refractivity contribution in [3.63, 3.8) is 0 Å². The van der Waals surface area contributed by atoms with E-state index in [1.165, 1.54) is 44.9 Å². The summed E-state index contributed by atoms with van der Waals surface area (Å²) >= 11 is 1.36. The monoisotopic (exact) mass is 574 g/mol. The smallest absolute Gasteiger partial charge is 0.0809 e. The van der Waals surface area contributed by atoms with Crippen LogP contribution in [0.2, 0.25) is 0 Å². The molecule has 0 fully saturated rings. The van der Waals surface area contributed by atoms with Gasteiger partial charge >= 0.3 is 30.2 Å². The largest absolute Gasteiger partial charge is 0.184 e. The van der Waals surface area contributed by atoms with Crippen LogP contribution in [0.4, 0.5) is 0 Å². The van der Waals surface area contributed by atoms with Crippen LogP contribution >= 0.6 is 24.8 Å². The summed E-state index contributed by atoms with van der Waals surface area (Å²) < 4.78 is 0. The molecule has 2 radical (unpaired) electrons. The van der Waals surface area contributed by atoms with E-state index in [0.717, 1.165) is 0 Å². The Balaban J connectivity index is 0.000000416. The van der Waals surface area contributed by atoms with Crippen molar-refractivity contribution in [2.75, 3.05) is 0 Å². The Labute approximate surface area is 232 Å². The second-order valence-corrected chi connectivity index (χ2v) is 6.46. The van der Waals surface area contributed by atoms with Crippen LogP contribution in [0.5, 0.6) is 0 Å². The molecule has 0 unspecified atom stereocenters. The van der Waals surface area contributed by atoms with Gasteiger partial charge in [-0.25, -0.2) is 0 Å². The van der Waals surface area contributed by atoms with Crippen molar-refractivity contribution < 1.29 is 23.3 Å². The van der Waals surface area contributed by atoms with Gasteiger partial charge in [-0.15, -0.1) is 84.1 Å². The Bertz CT molecular complexity index is 1010. The van der Waals surface area contributed by atoms with Crippen LogP contribution in [0, 0.1) is 12.1 Å². The third-order valence-corrected chi connectivity index (χ3v) is 4.31. The quantitative estimate of drug-likeness (QED) is 0.126. The number of hydrogen-bond acceptors (Lipinski definition) is 0. The van der Waals surface area contributed by atoms with Crippen molar-refractivity contribution in [2.24, 2.45) is 0 Å². The average Bonchev–Trinajstić information content (AvgIpc) is 3.58. The van der Waals surface area contributed by atoms with E-state index in [2.05, 4.69) is 104 Å². The van der Waals surface area contributed by atoms with Gasteiger partial charge in [0.2, 0.25) is 0 Å². The Morgan fingerprint density at radius 3 is 1.09 bits per heavy atom. The topological polar surface area (TPSA) is 0 Å². The molecule has 4 heteroatoms. The first-order valence-corrected chi connectivity index (χ1v) is 14.4. The first-order valence-electron chi connectivity index (χ1n) is 10.2. The minimum absolute atomic E-state index is 0. The van der Waals surface area contributed by atoms with E-state index in [1.807, 2.05) is 60.7 Å². The summed E-state index contributed by atoms with van der Waals surface area (Å²) in [6, 6.07) is 54.3. The molecule has 0 aliphatic carbocycles. The maximum Gasteiger partial charge on any atom is -0.0809 e. The molecule has 172 valence electrons. The van der Waals surface area contributed by atoms with Gasteiger partial charge in [-0.2, -0.15) is 108 Å². The summed E-state index contributed by atoms with van der Waals surface area (Å²) in [6.07, 6.45) is 0. The molecule has 0 nitrogen and oxygen atoms in total. The first-order chi connectivity index (χ1) is 15.9. The van der Waals surface area contributed by atoms with Gasteiger partial charge in [-0.1, -0.05) is 12.1 Å². The SMILES string of the molecule is Cl.Cl.[Si]=[Zr].[c-]1ccccc1.[c-]1ccccc1.c1ccc2[cH-]ccc2c1.c1ccc2[cH-]ccc2c1. The number of benzene rings is 4. The van der Waals surface area contributed by atoms with Gasteiger partial charge in [0, 0.05) is 0 Å². The van der Waals surface area contributed by atoms with E-state index in [-0.39, 0.29) is 24.8 Å². The van der Waals surface area contributed by atoms with Gasteiger partial charge in [0.15, 0.2) is 0 Å². The fourth-order valence-electron chi connectivity index (χ4n) is 2.82. The van der Waals surface area contributed by atoms with E-state index < -0.39 is 0 Å². The van der Waals surface area contributed by atoms with Crippen LogP contribution in [0.1, 0.15) is 0 Å². The summed E-state index contributed by atoms with van der Waals surface area (Å²) in [4.78, 5) is 0. The molecule has 0 aliphatic heterocycles.